The molecule has 0 aliphatic carbocycles. The molecule has 7 heteroatoms. The van der Waals surface area contributed by atoms with Gasteiger partial charge in [-0.3, -0.25) is 14.3 Å². The first kappa shape index (κ1) is 18.4. The van der Waals surface area contributed by atoms with Gasteiger partial charge in [0.15, 0.2) is 0 Å². The normalized spacial score (nSPS) is 20.9. The molecule has 2 N–H and O–H groups in total. The van der Waals surface area contributed by atoms with Crippen molar-refractivity contribution < 1.29 is 14.7 Å². The Balaban J connectivity index is 1.87. The van der Waals surface area contributed by atoms with Crippen LogP contribution in [0.4, 0.5) is 0 Å². The quantitative estimate of drug-likeness (QED) is 0.803. The summed E-state index contributed by atoms with van der Waals surface area (Å²) in [6.45, 7) is 5.43. The van der Waals surface area contributed by atoms with Crippen LogP contribution in [0.5, 0.6) is 0 Å². The van der Waals surface area contributed by atoms with E-state index in [0.717, 1.165) is 17.8 Å². The fourth-order valence-corrected chi connectivity index (χ4v) is 3.26. The molecule has 0 bridgehead atoms. The molecule has 1 aromatic rings. The van der Waals surface area contributed by atoms with Crippen LogP contribution < -0.4 is 5.32 Å². The number of rotatable bonds is 6. The number of hydrogen-bond donors (Lipinski definition) is 2. The highest BCUT2D eigenvalue weighted by Crippen LogP contribution is 2.26. The molecule has 1 aliphatic rings. The van der Waals surface area contributed by atoms with Crippen LogP contribution in [0.2, 0.25) is 0 Å². The number of piperidine rings is 1. The minimum atomic E-state index is -0.960. The number of hydrogen-bond acceptors (Lipinski definition) is 4. The number of nitrogens with one attached hydrogen (secondary N) is 1. The minimum Gasteiger partial charge on any atom is -0.388 e. The molecule has 1 unspecified atom stereocenters. The lowest BCUT2D eigenvalue weighted by Gasteiger charge is -2.39. The Bertz CT molecular complexity index is 599. The Morgan fingerprint density at radius 1 is 1.38 bits per heavy atom. The number of amides is 2. The van der Waals surface area contributed by atoms with Crippen molar-refractivity contribution in [3.05, 3.63) is 17.5 Å². The number of carbonyl (C=O) groups is 2. The van der Waals surface area contributed by atoms with Crippen LogP contribution in [-0.4, -0.2) is 57.3 Å². The molecule has 0 spiro atoms. The van der Waals surface area contributed by atoms with Crippen molar-refractivity contribution in [2.24, 2.45) is 0 Å². The van der Waals surface area contributed by atoms with Gasteiger partial charge < -0.3 is 15.3 Å². The molecule has 7 nitrogen and oxygen atoms in total. The summed E-state index contributed by atoms with van der Waals surface area (Å²) in [6.07, 6.45) is 2.42. The zero-order chi connectivity index (χ0) is 17.7. The smallest absolute Gasteiger partial charge is 0.224 e. The fourth-order valence-electron chi connectivity index (χ4n) is 3.26. The lowest BCUT2D eigenvalue weighted by Crippen LogP contribution is -2.50. The Morgan fingerprint density at radius 2 is 2.12 bits per heavy atom. The number of aryl methyl sites for hydroxylation is 3. The van der Waals surface area contributed by atoms with Crippen LogP contribution in [0.25, 0.3) is 0 Å². The van der Waals surface area contributed by atoms with E-state index in [1.165, 1.54) is 0 Å². The van der Waals surface area contributed by atoms with E-state index in [-0.39, 0.29) is 18.2 Å². The average Bonchev–Trinajstić information content (AvgIpc) is 2.88. The standard InChI is InChI=1S/C17H28N4O3/c1-13-11-14(2)21(19-13)10-6-16(23)20-9-4-7-17(24,12-20)8-5-15(22)18-3/h11,24H,4-10,12H2,1-3H3,(H,18,22). The summed E-state index contributed by atoms with van der Waals surface area (Å²) in [6, 6.07) is 1.99. The molecule has 0 aromatic carbocycles. The van der Waals surface area contributed by atoms with Crippen LogP contribution >= 0.6 is 0 Å². The van der Waals surface area contributed by atoms with Crippen LogP contribution in [0, 0.1) is 13.8 Å². The molecule has 2 amide bonds. The highest BCUT2D eigenvalue weighted by atomic mass is 16.3. The molecule has 24 heavy (non-hydrogen) atoms. The second kappa shape index (κ2) is 7.79. The fraction of sp³-hybridized carbons (Fsp3) is 0.706. The lowest BCUT2D eigenvalue weighted by molar-refractivity contribution is -0.139. The maximum Gasteiger partial charge on any atom is 0.224 e. The predicted octanol–water partition coefficient (Wildman–Crippen LogP) is 0.770. The number of carbonyl (C=O) groups excluding carboxylic acids is 2. The molecular formula is C17H28N4O3. The molecule has 0 saturated carbocycles. The largest absolute Gasteiger partial charge is 0.388 e. The van der Waals surface area contributed by atoms with Gasteiger partial charge in [0, 0.05) is 45.2 Å². The van der Waals surface area contributed by atoms with Crippen molar-refractivity contribution in [2.75, 3.05) is 20.1 Å². The van der Waals surface area contributed by atoms with E-state index >= 15 is 0 Å². The summed E-state index contributed by atoms with van der Waals surface area (Å²) in [4.78, 5) is 25.6. The molecular weight excluding hydrogens is 308 g/mol. The van der Waals surface area contributed by atoms with Crippen LogP contribution in [-0.2, 0) is 16.1 Å². The van der Waals surface area contributed by atoms with E-state index in [1.807, 2.05) is 24.6 Å². The van der Waals surface area contributed by atoms with Crippen LogP contribution in [0.15, 0.2) is 6.07 Å². The highest BCUT2D eigenvalue weighted by molar-refractivity contribution is 5.76. The van der Waals surface area contributed by atoms with Gasteiger partial charge in [0.05, 0.1) is 11.3 Å². The molecule has 2 rings (SSSR count). The minimum absolute atomic E-state index is 0.0284. The first-order valence-corrected chi connectivity index (χ1v) is 8.55. The summed E-state index contributed by atoms with van der Waals surface area (Å²) < 4.78 is 1.84. The second-order valence-corrected chi connectivity index (χ2v) is 6.72. The summed E-state index contributed by atoms with van der Waals surface area (Å²) in [7, 11) is 1.59. The van der Waals surface area contributed by atoms with Gasteiger partial charge in [0.1, 0.15) is 0 Å². The maximum absolute atomic E-state index is 12.5. The summed E-state index contributed by atoms with van der Waals surface area (Å²) >= 11 is 0. The first-order valence-electron chi connectivity index (χ1n) is 8.55. The third-order valence-corrected chi connectivity index (χ3v) is 4.65. The number of aliphatic hydroxyl groups is 1. The highest BCUT2D eigenvalue weighted by Gasteiger charge is 2.35. The van der Waals surface area contributed by atoms with Crippen molar-refractivity contribution in [2.45, 2.75) is 58.1 Å². The molecule has 1 aromatic heterocycles. The molecule has 1 fully saturated rings. The van der Waals surface area contributed by atoms with Gasteiger partial charge in [0.2, 0.25) is 11.8 Å². The van der Waals surface area contributed by atoms with Crippen molar-refractivity contribution in [1.29, 1.82) is 0 Å². The molecule has 134 valence electrons. The number of nitrogens with zero attached hydrogens (tertiary/aromatic N) is 3. The van der Waals surface area contributed by atoms with E-state index in [4.69, 9.17) is 0 Å². The predicted molar refractivity (Wildman–Crippen MR) is 90.4 cm³/mol. The monoisotopic (exact) mass is 336 g/mol. The number of likely N-dealkylation sites (tertiary alicyclic amines) is 1. The van der Waals surface area contributed by atoms with E-state index in [2.05, 4.69) is 10.4 Å². The number of β-amino-alcohol motifs (C(OH)–C–C–N with tert-alkyl or cyclic N) is 1. The average molecular weight is 336 g/mol. The number of aromatic nitrogens is 2. The van der Waals surface area contributed by atoms with Gasteiger partial charge >= 0.3 is 0 Å². The van der Waals surface area contributed by atoms with Crippen molar-refractivity contribution in [3.8, 4) is 0 Å². The van der Waals surface area contributed by atoms with Gasteiger partial charge in [0.25, 0.3) is 0 Å². The molecule has 0 radical (unpaired) electrons. The van der Waals surface area contributed by atoms with E-state index in [9.17, 15) is 14.7 Å². The zero-order valence-electron chi connectivity index (χ0n) is 14.8. The van der Waals surface area contributed by atoms with Gasteiger partial charge in [-0.1, -0.05) is 0 Å². The summed E-state index contributed by atoms with van der Waals surface area (Å²) in [5.74, 6) is -0.0583. The Hall–Kier alpha value is -1.89. The van der Waals surface area contributed by atoms with Crippen molar-refractivity contribution in [3.63, 3.8) is 0 Å². The van der Waals surface area contributed by atoms with E-state index in [1.54, 1.807) is 11.9 Å². The summed E-state index contributed by atoms with van der Waals surface area (Å²) in [5.41, 5.74) is 1.03. The Labute approximate surface area is 143 Å². The Kier molecular flexibility index (Phi) is 5.99. The topological polar surface area (TPSA) is 87.5 Å². The van der Waals surface area contributed by atoms with Gasteiger partial charge in [-0.05, 0) is 39.2 Å². The van der Waals surface area contributed by atoms with E-state index < -0.39 is 5.60 Å². The van der Waals surface area contributed by atoms with Crippen LogP contribution in [0.3, 0.4) is 0 Å². The zero-order valence-corrected chi connectivity index (χ0v) is 14.8. The van der Waals surface area contributed by atoms with Crippen LogP contribution in [0.1, 0.15) is 43.5 Å². The molecule has 1 aliphatic heterocycles. The Morgan fingerprint density at radius 3 is 2.75 bits per heavy atom. The van der Waals surface area contributed by atoms with Gasteiger partial charge in [-0.15, -0.1) is 0 Å². The SMILES string of the molecule is CNC(=O)CCC1(O)CCCN(C(=O)CCn2nc(C)cc2C)C1. The van der Waals surface area contributed by atoms with Crippen molar-refractivity contribution >= 4 is 11.8 Å². The maximum atomic E-state index is 12.5. The molecule has 1 atom stereocenters. The van der Waals surface area contributed by atoms with E-state index in [0.29, 0.717) is 38.9 Å². The van der Waals surface area contributed by atoms with Gasteiger partial charge in [-0.2, -0.15) is 5.10 Å². The lowest BCUT2D eigenvalue weighted by atomic mass is 9.88. The molecule has 2 heterocycles. The summed E-state index contributed by atoms with van der Waals surface area (Å²) in [5, 5.41) is 17.6. The third-order valence-electron chi connectivity index (χ3n) is 4.65. The van der Waals surface area contributed by atoms with Gasteiger partial charge in [-0.25, -0.2) is 0 Å². The second-order valence-electron chi connectivity index (χ2n) is 6.72. The molecule has 1 saturated heterocycles. The third kappa shape index (κ3) is 4.80. The first-order chi connectivity index (χ1) is 11.3. The van der Waals surface area contributed by atoms with Crippen molar-refractivity contribution in [1.82, 2.24) is 20.0 Å².